The summed E-state index contributed by atoms with van der Waals surface area (Å²) in [7, 11) is 3.87. The highest BCUT2D eigenvalue weighted by molar-refractivity contribution is 5.99. The van der Waals surface area contributed by atoms with Crippen LogP contribution in [0.5, 0.6) is 5.75 Å². The molecule has 0 saturated carbocycles. The molecule has 0 fully saturated rings. The van der Waals surface area contributed by atoms with Gasteiger partial charge in [0.2, 0.25) is 17.7 Å². The fourth-order valence-corrected chi connectivity index (χ4v) is 3.52. The summed E-state index contributed by atoms with van der Waals surface area (Å²) in [5, 5.41) is 20.7. The number of nitrogens with zero attached hydrogens (tertiary/aromatic N) is 1. The normalized spacial score (nSPS) is 21.1. The van der Waals surface area contributed by atoms with E-state index in [2.05, 4.69) is 21.3 Å². The Labute approximate surface area is 206 Å². The zero-order valence-electron chi connectivity index (χ0n) is 20.6. The van der Waals surface area contributed by atoms with E-state index in [4.69, 9.17) is 4.74 Å². The second kappa shape index (κ2) is 14.3. The van der Waals surface area contributed by atoms with Crippen LogP contribution in [0.2, 0.25) is 0 Å². The van der Waals surface area contributed by atoms with Crippen molar-refractivity contribution in [1.29, 1.82) is 0 Å². The van der Waals surface area contributed by atoms with E-state index < -0.39 is 41.8 Å². The molecule has 0 saturated heterocycles. The molecular formula is C24H37N5O6. The molecule has 1 aliphatic rings. The summed E-state index contributed by atoms with van der Waals surface area (Å²) in [5.74, 6) is -1.56. The number of ether oxygens (including phenoxy) is 1. The summed E-state index contributed by atoms with van der Waals surface area (Å²) in [6, 6.07) is 4.57. The van der Waals surface area contributed by atoms with E-state index >= 15 is 0 Å². The van der Waals surface area contributed by atoms with E-state index in [0.717, 1.165) is 13.0 Å². The lowest BCUT2D eigenvalue weighted by molar-refractivity contribution is -0.132. The van der Waals surface area contributed by atoms with Gasteiger partial charge in [-0.05, 0) is 59.0 Å². The highest BCUT2D eigenvalue weighted by atomic mass is 16.5. The first-order chi connectivity index (χ1) is 16.7. The monoisotopic (exact) mass is 491 g/mol. The summed E-state index contributed by atoms with van der Waals surface area (Å²) in [5.41, 5.74) is 0.271. The van der Waals surface area contributed by atoms with Gasteiger partial charge in [0, 0.05) is 19.5 Å². The molecule has 194 valence electrons. The number of rotatable bonds is 6. The number of carbonyl (C=O) groups is 4. The summed E-state index contributed by atoms with van der Waals surface area (Å²) in [6.07, 6.45) is -0.0719. The average molecular weight is 492 g/mol. The molecule has 5 N–H and O–H groups in total. The molecule has 0 radical (unpaired) electrons. The van der Waals surface area contributed by atoms with E-state index in [0.29, 0.717) is 18.7 Å². The van der Waals surface area contributed by atoms with Crippen LogP contribution in [0.4, 0.5) is 0 Å². The van der Waals surface area contributed by atoms with Gasteiger partial charge in [-0.1, -0.05) is 12.1 Å². The SMILES string of the molecule is C[C@@H](O)C1NC(=O)CC[C@@H](C(=O)NCCCN(C)C)NC(=O)c2ccccc2OCCCNC1=O. The molecule has 11 heteroatoms. The van der Waals surface area contributed by atoms with Gasteiger partial charge in [-0.2, -0.15) is 0 Å². The molecule has 1 aromatic rings. The van der Waals surface area contributed by atoms with Crippen molar-refractivity contribution in [2.24, 2.45) is 0 Å². The topological polar surface area (TPSA) is 149 Å². The molecule has 0 spiro atoms. The Morgan fingerprint density at radius 3 is 2.69 bits per heavy atom. The molecule has 1 aromatic carbocycles. The van der Waals surface area contributed by atoms with Crippen LogP contribution < -0.4 is 26.0 Å². The maximum atomic E-state index is 13.0. The number of fused-ring (bicyclic) bond motifs is 1. The minimum atomic E-state index is -1.13. The lowest BCUT2D eigenvalue weighted by Gasteiger charge is -2.23. The van der Waals surface area contributed by atoms with Gasteiger partial charge in [0.15, 0.2) is 0 Å². The second-order valence-corrected chi connectivity index (χ2v) is 8.79. The van der Waals surface area contributed by atoms with Crippen molar-refractivity contribution in [3.05, 3.63) is 29.8 Å². The first-order valence-electron chi connectivity index (χ1n) is 11.9. The fourth-order valence-electron chi connectivity index (χ4n) is 3.52. The van der Waals surface area contributed by atoms with Crippen LogP contribution in [0, 0.1) is 0 Å². The molecule has 1 aliphatic heterocycles. The van der Waals surface area contributed by atoms with E-state index in [9.17, 15) is 24.3 Å². The Kier molecular flexibility index (Phi) is 11.4. The fraction of sp³-hybridized carbons (Fsp3) is 0.583. The van der Waals surface area contributed by atoms with Crippen molar-refractivity contribution in [3.8, 4) is 5.75 Å². The van der Waals surface area contributed by atoms with Crippen molar-refractivity contribution in [3.63, 3.8) is 0 Å². The Balaban J connectivity index is 2.21. The van der Waals surface area contributed by atoms with Crippen LogP contribution >= 0.6 is 0 Å². The summed E-state index contributed by atoms with van der Waals surface area (Å²) < 4.78 is 5.75. The third kappa shape index (κ3) is 9.53. The molecule has 0 aromatic heterocycles. The predicted octanol–water partition coefficient (Wildman–Crippen LogP) is -0.603. The van der Waals surface area contributed by atoms with E-state index in [-0.39, 0.29) is 31.6 Å². The standard InChI is InChI=1S/C24H37N5O6/c1-16(30)21-24(34)26-13-7-15-35-19-9-5-4-8-17(19)22(32)27-18(10-11-20(31)28-21)23(33)25-12-6-14-29(2)3/h4-5,8-9,16,18,21,30H,6-7,10-15H2,1-3H3,(H,25,33)(H,26,34)(H,27,32)(H,28,31)/t16-,18+,21?/m1/s1. The number of carbonyl (C=O) groups excluding carboxylic acids is 4. The highest BCUT2D eigenvalue weighted by Crippen LogP contribution is 2.18. The van der Waals surface area contributed by atoms with Crippen molar-refractivity contribution >= 4 is 23.6 Å². The minimum absolute atomic E-state index is 0.00819. The number of benzene rings is 1. The highest BCUT2D eigenvalue weighted by Gasteiger charge is 2.28. The van der Waals surface area contributed by atoms with Crippen LogP contribution in [0.25, 0.3) is 0 Å². The lowest BCUT2D eigenvalue weighted by atomic mass is 10.1. The van der Waals surface area contributed by atoms with Gasteiger partial charge in [0.05, 0.1) is 18.3 Å². The first-order valence-corrected chi connectivity index (χ1v) is 11.9. The second-order valence-electron chi connectivity index (χ2n) is 8.79. The summed E-state index contributed by atoms with van der Waals surface area (Å²) in [6.45, 7) is 3.11. The average Bonchev–Trinajstić information content (AvgIpc) is 2.81. The quantitative estimate of drug-likeness (QED) is 0.334. The molecule has 3 atom stereocenters. The van der Waals surface area contributed by atoms with Crippen LogP contribution in [0.3, 0.4) is 0 Å². The van der Waals surface area contributed by atoms with Crippen molar-refractivity contribution < 1.29 is 29.0 Å². The van der Waals surface area contributed by atoms with E-state index in [1.54, 1.807) is 24.3 Å². The van der Waals surface area contributed by atoms with Gasteiger partial charge in [0.25, 0.3) is 5.91 Å². The number of amides is 4. The molecule has 0 aliphatic carbocycles. The number of nitrogens with one attached hydrogen (secondary N) is 4. The number of hydrogen-bond donors (Lipinski definition) is 5. The lowest BCUT2D eigenvalue weighted by Crippen LogP contribution is -2.53. The molecule has 4 amide bonds. The molecule has 0 bridgehead atoms. The smallest absolute Gasteiger partial charge is 0.255 e. The number of aliphatic hydroxyl groups excluding tert-OH is 1. The largest absolute Gasteiger partial charge is 0.493 e. The molecule has 35 heavy (non-hydrogen) atoms. The van der Waals surface area contributed by atoms with Crippen molar-refractivity contribution in [2.45, 2.75) is 50.8 Å². The predicted molar refractivity (Wildman–Crippen MR) is 130 cm³/mol. The van der Waals surface area contributed by atoms with Gasteiger partial charge in [0.1, 0.15) is 17.8 Å². The van der Waals surface area contributed by atoms with Crippen LogP contribution in [-0.4, -0.2) is 92.2 Å². The Bertz CT molecular complexity index is 876. The van der Waals surface area contributed by atoms with Crippen molar-refractivity contribution in [2.75, 3.05) is 40.3 Å². The molecule has 2 rings (SSSR count). The summed E-state index contributed by atoms with van der Waals surface area (Å²) in [4.78, 5) is 52.9. The Hall–Kier alpha value is -3.18. The van der Waals surface area contributed by atoms with Crippen LogP contribution in [0.15, 0.2) is 24.3 Å². The van der Waals surface area contributed by atoms with Gasteiger partial charge >= 0.3 is 0 Å². The molecule has 1 unspecified atom stereocenters. The van der Waals surface area contributed by atoms with Gasteiger partial charge in [-0.3, -0.25) is 19.2 Å². The molecule has 11 nitrogen and oxygen atoms in total. The molecule has 1 heterocycles. The Morgan fingerprint density at radius 1 is 1.23 bits per heavy atom. The Morgan fingerprint density at radius 2 is 1.97 bits per heavy atom. The first kappa shape index (κ1) is 28.1. The third-order valence-electron chi connectivity index (χ3n) is 5.45. The minimum Gasteiger partial charge on any atom is -0.493 e. The number of hydrogen-bond acceptors (Lipinski definition) is 7. The van der Waals surface area contributed by atoms with E-state index in [1.807, 2.05) is 19.0 Å². The maximum absolute atomic E-state index is 13.0. The molecular weight excluding hydrogens is 454 g/mol. The van der Waals surface area contributed by atoms with E-state index in [1.165, 1.54) is 6.92 Å². The van der Waals surface area contributed by atoms with Gasteiger partial charge in [-0.25, -0.2) is 0 Å². The van der Waals surface area contributed by atoms with Gasteiger partial charge < -0.3 is 36.0 Å². The zero-order valence-corrected chi connectivity index (χ0v) is 20.6. The van der Waals surface area contributed by atoms with Gasteiger partial charge in [-0.15, -0.1) is 0 Å². The number of para-hydroxylation sites is 1. The third-order valence-corrected chi connectivity index (χ3v) is 5.45. The number of aliphatic hydroxyl groups is 1. The van der Waals surface area contributed by atoms with Crippen LogP contribution in [0.1, 0.15) is 43.0 Å². The van der Waals surface area contributed by atoms with Crippen molar-refractivity contribution in [1.82, 2.24) is 26.2 Å². The summed E-state index contributed by atoms with van der Waals surface area (Å²) >= 11 is 0. The van der Waals surface area contributed by atoms with Crippen LogP contribution in [-0.2, 0) is 14.4 Å². The maximum Gasteiger partial charge on any atom is 0.255 e. The zero-order chi connectivity index (χ0) is 25.8.